The van der Waals surface area contributed by atoms with Crippen molar-refractivity contribution >= 4 is 29.5 Å². The van der Waals surface area contributed by atoms with Crippen LogP contribution in [-0.2, 0) is 33.4 Å². The van der Waals surface area contributed by atoms with Gasteiger partial charge in [0, 0.05) is 33.9 Å². The lowest BCUT2D eigenvalue weighted by Crippen LogP contribution is -2.58. The normalized spacial score (nSPS) is 29.1. The number of rotatable bonds is 3. The van der Waals surface area contributed by atoms with Gasteiger partial charge in [-0.3, -0.25) is 24.0 Å². The monoisotopic (exact) mass is 554 g/mol. The van der Waals surface area contributed by atoms with E-state index in [0.717, 1.165) is 0 Å². The molecule has 39 heavy (non-hydrogen) atoms. The van der Waals surface area contributed by atoms with E-state index in [1.165, 1.54) is 9.80 Å². The number of ether oxygens (including phenoxy) is 2. The molecular weight excluding hydrogens is 508 g/mol. The summed E-state index contributed by atoms with van der Waals surface area (Å²) in [7, 11) is 3.19. The summed E-state index contributed by atoms with van der Waals surface area (Å²) in [6.45, 7) is 6.40. The standard InChI is InChI=1S/C26H46N6O7/c1-16(2)13-19-23(34)28-17(3)25(36)32-10-8-9-21(32)24(35)30-20(26(37)31(4)5)15-39-12-7-6-11-38-14-18(27)22(33)29-19/h16-21H,6-15,27H2,1-5H3,(H,28,34)(H,29,33)(H,30,35)/t17-,18-,19-,20-,21-/m0/s1. The first kappa shape index (κ1) is 32.4. The predicted molar refractivity (Wildman–Crippen MR) is 143 cm³/mol. The Hall–Kier alpha value is -2.77. The predicted octanol–water partition coefficient (Wildman–Crippen LogP) is -1.26. The zero-order valence-electron chi connectivity index (χ0n) is 23.9. The van der Waals surface area contributed by atoms with Crippen LogP contribution in [0.4, 0.5) is 0 Å². The van der Waals surface area contributed by atoms with Gasteiger partial charge >= 0.3 is 0 Å². The smallest absolute Gasteiger partial charge is 0.247 e. The Balaban J connectivity index is 2.24. The second-order valence-corrected chi connectivity index (χ2v) is 10.9. The van der Waals surface area contributed by atoms with Crippen LogP contribution in [0, 0.1) is 5.92 Å². The lowest BCUT2D eigenvalue weighted by molar-refractivity contribution is -0.143. The van der Waals surface area contributed by atoms with Crippen molar-refractivity contribution in [1.29, 1.82) is 0 Å². The highest BCUT2D eigenvalue weighted by molar-refractivity contribution is 5.96. The van der Waals surface area contributed by atoms with Crippen molar-refractivity contribution in [2.24, 2.45) is 11.7 Å². The maximum absolute atomic E-state index is 13.3. The summed E-state index contributed by atoms with van der Waals surface area (Å²) in [4.78, 5) is 67.8. The number of likely N-dealkylation sites (N-methyl/N-ethyl adjacent to an activating group) is 1. The molecule has 0 radical (unpaired) electrons. The van der Waals surface area contributed by atoms with E-state index in [1.807, 2.05) is 13.8 Å². The van der Waals surface area contributed by atoms with E-state index in [0.29, 0.717) is 51.9 Å². The molecule has 13 heteroatoms. The molecule has 2 aliphatic heterocycles. The van der Waals surface area contributed by atoms with Crippen LogP contribution in [0.15, 0.2) is 0 Å². The number of nitrogens with zero attached hydrogens (tertiary/aromatic N) is 2. The highest BCUT2D eigenvalue weighted by atomic mass is 16.5. The molecule has 5 amide bonds. The van der Waals surface area contributed by atoms with Crippen molar-refractivity contribution < 1.29 is 33.4 Å². The molecule has 2 aliphatic rings. The van der Waals surface area contributed by atoms with E-state index >= 15 is 0 Å². The van der Waals surface area contributed by atoms with E-state index in [2.05, 4.69) is 16.0 Å². The van der Waals surface area contributed by atoms with Crippen molar-refractivity contribution in [2.45, 2.75) is 83.1 Å². The first-order valence-electron chi connectivity index (χ1n) is 13.8. The van der Waals surface area contributed by atoms with Crippen LogP contribution in [-0.4, -0.2) is 117 Å². The largest absolute Gasteiger partial charge is 0.379 e. The Morgan fingerprint density at radius 3 is 2.23 bits per heavy atom. The molecule has 0 bridgehead atoms. The Bertz CT molecular complexity index is 868. The summed E-state index contributed by atoms with van der Waals surface area (Å²) in [6.07, 6.45) is 2.67. The van der Waals surface area contributed by atoms with Gasteiger partial charge in [0.15, 0.2) is 0 Å². The number of hydrogen-bond acceptors (Lipinski definition) is 8. The third-order valence-electron chi connectivity index (χ3n) is 6.71. The van der Waals surface area contributed by atoms with Crippen molar-refractivity contribution in [3.63, 3.8) is 0 Å². The van der Waals surface area contributed by atoms with E-state index in [1.54, 1.807) is 21.0 Å². The number of carbonyl (C=O) groups excluding carboxylic acids is 5. The number of amides is 5. The molecule has 0 aromatic carbocycles. The zero-order chi connectivity index (χ0) is 29.1. The molecule has 0 unspecified atom stereocenters. The minimum Gasteiger partial charge on any atom is -0.379 e. The van der Waals surface area contributed by atoms with Gasteiger partial charge in [-0.05, 0) is 44.9 Å². The minimum absolute atomic E-state index is 0.0145. The average molecular weight is 555 g/mol. The molecule has 13 nitrogen and oxygen atoms in total. The molecule has 5 N–H and O–H groups in total. The molecule has 2 heterocycles. The minimum atomic E-state index is -0.961. The van der Waals surface area contributed by atoms with Crippen LogP contribution in [0.2, 0.25) is 0 Å². The molecule has 222 valence electrons. The second-order valence-electron chi connectivity index (χ2n) is 10.9. The summed E-state index contributed by atoms with van der Waals surface area (Å²) in [5.41, 5.74) is 5.98. The quantitative estimate of drug-likeness (QED) is 0.335. The van der Waals surface area contributed by atoms with Gasteiger partial charge in [0.05, 0.1) is 13.2 Å². The number of nitrogens with one attached hydrogen (secondary N) is 3. The fourth-order valence-electron chi connectivity index (χ4n) is 4.56. The summed E-state index contributed by atoms with van der Waals surface area (Å²) >= 11 is 0. The van der Waals surface area contributed by atoms with Gasteiger partial charge in [-0.15, -0.1) is 0 Å². The maximum Gasteiger partial charge on any atom is 0.247 e. The average Bonchev–Trinajstić information content (AvgIpc) is 3.37. The van der Waals surface area contributed by atoms with Crippen molar-refractivity contribution in [2.75, 3.05) is 47.1 Å². The fourth-order valence-corrected chi connectivity index (χ4v) is 4.56. The Kier molecular flexibility index (Phi) is 13.1. The molecule has 0 aromatic heterocycles. The van der Waals surface area contributed by atoms with Gasteiger partial charge in [0.1, 0.15) is 30.2 Å². The first-order chi connectivity index (χ1) is 18.4. The van der Waals surface area contributed by atoms with Crippen molar-refractivity contribution in [3.8, 4) is 0 Å². The van der Waals surface area contributed by atoms with E-state index in [9.17, 15) is 24.0 Å². The van der Waals surface area contributed by atoms with Crippen LogP contribution in [0.25, 0.3) is 0 Å². The summed E-state index contributed by atoms with van der Waals surface area (Å²) in [6, 6.07) is -4.46. The lowest BCUT2D eigenvalue weighted by atomic mass is 10.0. The SMILES string of the molecule is CC(C)C[C@@H]1NC(=O)[C@@H](N)COCCCCOC[C@@H](C(=O)N(C)C)NC(=O)[C@@H]2CCCN2C(=O)[C@H](C)NC1=O. The first-order valence-corrected chi connectivity index (χ1v) is 13.8. The van der Waals surface area contributed by atoms with Crippen LogP contribution < -0.4 is 21.7 Å². The molecule has 0 saturated carbocycles. The van der Waals surface area contributed by atoms with Crippen LogP contribution >= 0.6 is 0 Å². The molecule has 0 aromatic rings. The van der Waals surface area contributed by atoms with Gasteiger partial charge in [-0.25, -0.2) is 0 Å². The van der Waals surface area contributed by atoms with Gasteiger partial charge in [0.25, 0.3) is 0 Å². The summed E-state index contributed by atoms with van der Waals surface area (Å²) in [5.74, 6) is -2.12. The summed E-state index contributed by atoms with van der Waals surface area (Å²) < 4.78 is 11.2. The number of fused-ring (bicyclic) bond motifs is 1. The van der Waals surface area contributed by atoms with Gasteiger partial charge in [-0.2, -0.15) is 0 Å². The molecule has 0 aliphatic carbocycles. The van der Waals surface area contributed by atoms with Gasteiger partial charge < -0.3 is 41.0 Å². The maximum atomic E-state index is 13.3. The number of nitrogens with two attached hydrogens (primary N) is 1. The highest BCUT2D eigenvalue weighted by Crippen LogP contribution is 2.19. The molecule has 2 rings (SSSR count). The van der Waals surface area contributed by atoms with Crippen molar-refractivity contribution in [1.82, 2.24) is 25.8 Å². The van der Waals surface area contributed by atoms with Crippen LogP contribution in [0.5, 0.6) is 0 Å². The topological polar surface area (TPSA) is 172 Å². The van der Waals surface area contributed by atoms with Crippen molar-refractivity contribution in [3.05, 3.63) is 0 Å². The van der Waals surface area contributed by atoms with E-state index in [4.69, 9.17) is 15.2 Å². The Morgan fingerprint density at radius 2 is 1.62 bits per heavy atom. The molecule has 0 spiro atoms. The lowest BCUT2D eigenvalue weighted by Gasteiger charge is -2.30. The third-order valence-corrected chi connectivity index (χ3v) is 6.71. The highest BCUT2D eigenvalue weighted by Gasteiger charge is 2.38. The Labute approximate surface area is 230 Å². The number of carbonyl (C=O) groups is 5. The second kappa shape index (κ2) is 15.7. The molecule has 5 atom stereocenters. The van der Waals surface area contributed by atoms with Gasteiger partial charge in [-0.1, -0.05) is 13.8 Å². The third kappa shape index (κ3) is 10.0. The zero-order valence-corrected chi connectivity index (χ0v) is 23.9. The van der Waals surface area contributed by atoms with Gasteiger partial charge in [0.2, 0.25) is 29.5 Å². The molecule has 2 fully saturated rings. The van der Waals surface area contributed by atoms with E-state index < -0.39 is 53.8 Å². The van der Waals surface area contributed by atoms with Crippen LogP contribution in [0.3, 0.4) is 0 Å². The van der Waals surface area contributed by atoms with Crippen LogP contribution in [0.1, 0.15) is 52.9 Å². The summed E-state index contributed by atoms with van der Waals surface area (Å²) in [5, 5.41) is 8.14. The fraction of sp³-hybridized carbons (Fsp3) is 0.808. The number of hydrogen-bond donors (Lipinski definition) is 4. The van der Waals surface area contributed by atoms with E-state index in [-0.39, 0.29) is 25.0 Å². The molecule has 2 saturated heterocycles. The molecular formula is C26H46N6O7. The Morgan fingerprint density at radius 1 is 0.974 bits per heavy atom.